The molecule has 3 N–H and O–H groups in total. The molecule has 19 heavy (non-hydrogen) atoms. The number of anilines is 1. The molecule has 0 aliphatic carbocycles. The number of aryl methyl sites for hydroxylation is 2. The minimum absolute atomic E-state index is 0.385. The molecule has 0 spiro atoms. The van der Waals surface area contributed by atoms with Crippen LogP contribution in [0.2, 0.25) is 0 Å². The second-order valence-corrected chi connectivity index (χ2v) is 4.89. The van der Waals surface area contributed by atoms with Gasteiger partial charge in [-0.1, -0.05) is 12.2 Å². The quantitative estimate of drug-likeness (QED) is 0.812. The second kappa shape index (κ2) is 5.79. The first kappa shape index (κ1) is 13.5. The summed E-state index contributed by atoms with van der Waals surface area (Å²) in [4.78, 5) is 4.78. The van der Waals surface area contributed by atoms with Crippen LogP contribution in [0.1, 0.15) is 16.8 Å². The molecule has 0 fully saturated rings. The molecule has 2 heterocycles. The Kier molecular flexibility index (Phi) is 4.11. The van der Waals surface area contributed by atoms with Crippen LogP contribution in [0.25, 0.3) is 0 Å². The predicted octanol–water partition coefficient (Wildman–Crippen LogP) is 1.64. The molecule has 0 aliphatic heterocycles. The normalized spacial score (nSPS) is 10.4. The lowest BCUT2D eigenvalue weighted by atomic mass is 10.2. The first-order valence-electron chi connectivity index (χ1n) is 6.06. The van der Waals surface area contributed by atoms with Gasteiger partial charge in [0.25, 0.3) is 0 Å². The molecule has 2 aromatic rings. The van der Waals surface area contributed by atoms with E-state index < -0.39 is 0 Å². The highest BCUT2D eigenvalue weighted by atomic mass is 32.1. The van der Waals surface area contributed by atoms with Crippen molar-refractivity contribution in [2.75, 3.05) is 11.9 Å². The summed E-state index contributed by atoms with van der Waals surface area (Å²) in [7, 11) is 0. The van der Waals surface area contributed by atoms with Crippen LogP contribution in [-0.4, -0.2) is 26.3 Å². The Morgan fingerprint density at radius 2 is 2.21 bits per heavy atom. The number of hydrogen-bond acceptors (Lipinski definition) is 4. The van der Waals surface area contributed by atoms with Gasteiger partial charge in [-0.25, -0.2) is 4.98 Å². The molecule has 0 unspecified atom stereocenters. The van der Waals surface area contributed by atoms with Crippen molar-refractivity contribution in [3.05, 3.63) is 41.3 Å². The lowest BCUT2D eigenvalue weighted by Gasteiger charge is -2.08. The molecule has 0 bridgehead atoms. The highest BCUT2D eigenvalue weighted by molar-refractivity contribution is 7.80. The number of nitrogens with two attached hydrogens (primary N) is 1. The fourth-order valence-electron chi connectivity index (χ4n) is 1.79. The Morgan fingerprint density at radius 1 is 1.42 bits per heavy atom. The van der Waals surface area contributed by atoms with Crippen molar-refractivity contribution in [1.29, 1.82) is 0 Å². The Bertz CT molecular complexity index is 590. The maximum Gasteiger partial charge on any atom is 0.126 e. The summed E-state index contributed by atoms with van der Waals surface area (Å²) >= 11 is 4.98. The fraction of sp³-hybridized carbons (Fsp3) is 0.308. The van der Waals surface area contributed by atoms with Crippen molar-refractivity contribution in [3.63, 3.8) is 0 Å². The van der Waals surface area contributed by atoms with Crippen molar-refractivity contribution in [3.8, 4) is 0 Å². The van der Waals surface area contributed by atoms with Gasteiger partial charge in [-0.3, -0.25) is 4.68 Å². The first-order chi connectivity index (χ1) is 9.04. The largest absolute Gasteiger partial charge is 0.389 e. The molecular weight excluding hydrogens is 258 g/mol. The SMILES string of the molecule is Cc1cnn(CCNc2cc(C(N)=S)cc(C)n2)c1. The minimum Gasteiger partial charge on any atom is -0.389 e. The minimum atomic E-state index is 0.385. The van der Waals surface area contributed by atoms with E-state index in [9.17, 15) is 0 Å². The average molecular weight is 275 g/mol. The van der Waals surface area contributed by atoms with Crippen molar-refractivity contribution in [2.24, 2.45) is 5.73 Å². The van der Waals surface area contributed by atoms with Crippen LogP contribution in [-0.2, 0) is 6.54 Å². The summed E-state index contributed by atoms with van der Waals surface area (Å²) in [5.41, 5.74) is 8.52. The Balaban J connectivity index is 1.97. The van der Waals surface area contributed by atoms with Crippen molar-refractivity contribution < 1.29 is 0 Å². The average Bonchev–Trinajstić information content (AvgIpc) is 2.74. The van der Waals surface area contributed by atoms with Gasteiger partial charge in [-0.2, -0.15) is 5.10 Å². The van der Waals surface area contributed by atoms with E-state index in [1.807, 2.05) is 43.1 Å². The van der Waals surface area contributed by atoms with Crippen molar-refractivity contribution in [2.45, 2.75) is 20.4 Å². The zero-order valence-corrected chi connectivity index (χ0v) is 11.9. The second-order valence-electron chi connectivity index (χ2n) is 4.45. The topological polar surface area (TPSA) is 68.8 Å². The van der Waals surface area contributed by atoms with Crippen LogP contribution in [0.4, 0.5) is 5.82 Å². The van der Waals surface area contributed by atoms with E-state index in [1.165, 1.54) is 0 Å². The molecule has 0 amide bonds. The van der Waals surface area contributed by atoms with E-state index in [4.69, 9.17) is 18.0 Å². The molecule has 100 valence electrons. The van der Waals surface area contributed by atoms with Crippen LogP contribution >= 0.6 is 12.2 Å². The maximum atomic E-state index is 5.64. The van der Waals surface area contributed by atoms with Crippen LogP contribution in [0, 0.1) is 13.8 Å². The Labute approximate surface area is 117 Å². The summed E-state index contributed by atoms with van der Waals surface area (Å²) < 4.78 is 1.90. The lowest BCUT2D eigenvalue weighted by molar-refractivity contribution is 0.636. The summed E-state index contributed by atoms with van der Waals surface area (Å²) in [6.45, 7) is 5.47. The van der Waals surface area contributed by atoms with Gasteiger partial charge in [0.2, 0.25) is 0 Å². The monoisotopic (exact) mass is 275 g/mol. The molecule has 0 saturated carbocycles. The molecular formula is C13H17N5S. The molecule has 0 radical (unpaired) electrons. The highest BCUT2D eigenvalue weighted by Gasteiger charge is 2.02. The third kappa shape index (κ3) is 3.75. The number of pyridine rings is 1. The van der Waals surface area contributed by atoms with Gasteiger partial charge in [0.15, 0.2) is 0 Å². The number of aromatic nitrogens is 3. The van der Waals surface area contributed by atoms with Crippen LogP contribution < -0.4 is 11.1 Å². The molecule has 0 saturated heterocycles. The fourth-order valence-corrected chi connectivity index (χ4v) is 1.91. The number of thiocarbonyl (C=S) groups is 1. The molecule has 2 aromatic heterocycles. The van der Waals surface area contributed by atoms with Gasteiger partial charge in [-0.15, -0.1) is 0 Å². The summed E-state index contributed by atoms with van der Waals surface area (Å²) in [5, 5.41) is 7.48. The molecule has 0 aliphatic rings. The summed E-state index contributed by atoms with van der Waals surface area (Å²) in [5.74, 6) is 0.784. The van der Waals surface area contributed by atoms with E-state index in [0.29, 0.717) is 4.99 Å². The van der Waals surface area contributed by atoms with Gasteiger partial charge in [0, 0.05) is 24.0 Å². The molecule has 5 nitrogen and oxygen atoms in total. The van der Waals surface area contributed by atoms with E-state index in [0.717, 1.165) is 35.7 Å². The molecule has 0 aromatic carbocycles. The maximum absolute atomic E-state index is 5.64. The van der Waals surface area contributed by atoms with Gasteiger partial charge in [0.1, 0.15) is 10.8 Å². The Morgan fingerprint density at radius 3 is 2.84 bits per heavy atom. The number of rotatable bonds is 5. The number of nitrogens with zero attached hydrogens (tertiary/aromatic N) is 3. The third-order valence-electron chi connectivity index (χ3n) is 2.65. The van der Waals surface area contributed by atoms with Gasteiger partial charge < -0.3 is 11.1 Å². The lowest BCUT2D eigenvalue weighted by Crippen LogP contribution is -2.14. The zero-order valence-electron chi connectivity index (χ0n) is 11.1. The summed E-state index contributed by atoms with van der Waals surface area (Å²) in [6, 6.07) is 3.74. The first-order valence-corrected chi connectivity index (χ1v) is 6.47. The van der Waals surface area contributed by atoms with Gasteiger partial charge in [-0.05, 0) is 31.5 Å². The van der Waals surface area contributed by atoms with E-state index in [2.05, 4.69) is 15.4 Å². The van der Waals surface area contributed by atoms with E-state index in [-0.39, 0.29) is 0 Å². The van der Waals surface area contributed by atoms with Gasteiger partial charge >= 0.3 is 0 Å². The van der Waals surface area contributed by atoms with Gasteiger partial charge in [0.05, 0.1) is 12.7 Å². The number of nitrogens with one attached hydrogen (secondary N) is 1. The highest BCUT2D eigenvalue weighted by Crippen LogP contribution is 2.10. The summed E-state index contributed by atoms with van der Waals surface area (Å²) in [6.07, 6.45) is 3.85. The number of hydrogen-bond donors (Lipinski definition) is 2. The zero-order chi connectivity index (χ0) is 13.8. The van der Waals surface area contributed by atoms with Crippen LogP contribution in [0.15, 0.2) is 24.5 Å². The third-order valence-corrected chi connectivity index (χ3v) is 2.88. The van der Waals surface area contributed by atoms with Crippen molar-refractivity contribution >= 4 is 23.0 Å². The van der Waals surface area contributed by atoms with Crippen LogP contribution in [0.5, 0.6) is 0 Å². The van der Waals surface area contributed by atoms with E-state index in [1.54, 1.807) is 0 Å². The van der Waals surface area contributed by atoms with E-state index >= 15 is 0 Å². The molecule has 2 rings (SSSR count). The van der Waals surface area contributed by atoms with Crippen molar-refractivity contribution in [1.82, 2.24) is 14.8 Å². The van der Waals surface area contributed by atoms with Crippen LogP contribution in [0.3, 0.4) is 0 Å². The molecule has 6 heteroatoms. The smallest absolute Gasteiger partial charge is 0.126 e. The standard InChI is InChI=1S/C13H17N5S/c1-9-7-16-18(8-9)4-3-15-12-6-11(13(14)19)5-10(2)17-12/h5-8H,3-4H2,1-2H3,(H2,14,19)(H,15,17). The predicted molar refractivity (Wildman–Crippen MR) is 80.3 cm³/mol. The molecule has 0 atom stereocenters. The Hall–Kier alpha value is -1.95.